The van der Waals surface area contributed by atoms with E-state index in [0.717, 1.165) is 6.42 Å². The summed E-state index contributed by atoms with van der Waals surface area (Å²) in [6.07, 6.45) is 9.54. The van der Waals surface area contributed by atoms with Crippen molar-refractivity contribution in [2.45, 2.75) is 12.5 Å². The van der Waals surface area contributed by atoms with Gasteiger partial charge in [0.1, 0.15) is 0 Å². The molecular formula is C10H11NO. The minimum Gasteiger partial charge on any atom is -0.349 e. The van der Waals surface area contributed by atoms with Crippen LogP contribution >= 0.6 is 0 Å². The lowest BCUT2D eigenvalue weighted by Gasteiger charge is -2.29. The highest BCUT2D eigenvalue weighted by Crippen LogP contribution is 2.49. The Morgan fingerprint density at radius 1 is 1.33 bits per heavy atom. The number of piperidine rings is 1. The predicted molar refractivity (Wildman–Crippen MR) is 45.3 cm³/mol. The second kappa shape index (κ2) is 2.00. The first-order valence-electron chi connectivity index (χ1n) is 4.51. The van der Waals surface area contributed by atoms with E-state index in [9.17, 15) is 4.79 Å². The highest BCUT2D eigenvalue weighted by Gasteiger charge is 2.53. The molecule has 1 heterocycles. The highest BCUT2D eigenvalue weighted by atomic mass is 16.2. The van der Waals surface area contributed by atoms with Crippen molar-refractivity contribution < 1.29 is 4.79 Å². The Labute approximate surface area is 71.3 Å². The summed E-state index contributed by atoms with van der Waals surface area (Å²) < 4.78 is 0. The van der Waals surface area contributed by atoms with Gasteiger partial charge in [-0.25, -0.2) is 0 Å². The van der Waals surface area contributed by atoms with Gasteiger partial charge in [0.05, 0.1) is 6.04 Å². The van der Waals surface area contributed by atoms with Crippen LogP contribution < -0.4 is 5.32 Å². The van der Waals surface area contributed by atoms with Crippen molar-refractivity contribution in [2.24, 2.45) is 17.8 Å². The van der Waals surface area contributed by atoms with Crippen molar-refractivity contribution in [3.63, 3.8) is 0 Å². The lowest BCUT2D eigenvalue weighted by Crippen LogP contribution is -2.45. The molecule has 0 bridgehead atoms. The van der Waals surface area contributed by atoms with Crippen LogP contribution in [-0.2, 0) is 4.79 Å². The largest absolute Gasteiger partial charge is 0.349 e. The molecule has 0 aromatic rings. The molecule has 2 nitrogen and oxygen atoms in total. The van der Waals surface area contributed by atoms with Gasteiger partial charge in [-0.1, -0.05) is 24.3 Å². The van der Waals surface area contributed by atoms with E-state index in [1.54, 1.807) is 0 Å². The summed E-state index contributed by atoms with van der Waals surface area (Å²) in [4.78, 5) is 11.3. The maximum absolute atomic E-state index is 11.3. The Morgan fingerprint density at radius 2 is 2.17 bits per heavy atom. The number of amides is 1. The van der Waals surface area contributed by atoms with Gasteiger partial charge in [0.15, 0.2) is 0 Å². The summed E-state index contributed by atoms with van der Waals surface area (Å²) in [5.74, 6) is 1.83. The minimum atomic E-state index is 0.265. The maximum Gasteiger partial charge on any atom is 0.223 e. The van der Waals surface area contributed by atoms with Crippen LogP contribution in [0.4, 0.5) is 0 Å². The molecule has 1 aliphatic heterocycles. The summed E-state index contributed by atoms with van der Waals surface area (Å²) in [7, 11) is 0. The lowest BCUT2D eigenvalue weighted by atomic mass is 9.87. The van der Waals surface area contributed by atoms with Gasteiger partial charge in [-0.2, -0.15) is 0 Å². The number of allylic oxidation sites excluding steroid dienone is 2. The molecule has 1 saturated heterocycles. The lowest BCUT2D eigenvalue weighted by molar-refractivity contribution is -0.124. The van der Waals surface area contributed by atoms with Crippen LogP contribution in [0.3, 0.4) is 0 Å². The number of carbonyl (C=O) groups excluding carboxylic acids is 1. The van der Waals surface area contributed by atoms with Crippen molar-refractivity contribution in [1.82, 2.24) is 5.32 Å². The molecule has 1 saturated carbocycles. The van der Waals surface area contributed by atoms with E-state index in [0.29, 0.717) is 17.8 Å². The van der Waals surface area contributed by atoms with Crippen molar-refractivity contribution in [2.75, 3.05) is 0 Å². The zero-order valence-corrected chi connectivity index (χ0v) is 6.73. The van der Waals surface area contributed by atoms with Gasteiger partial charge in [0, 0.05) is 11.8 Å². The average Bonchev–Trinajstić information content (AvgIpc) is 2.84. The second-order valence-corrected chi connectivity index (χ2v) is 3.89. The summed E-state index contributed by atoms with van der Waals surface area (Å²) in [5, 5.41) is 3.03. The number of hydrogen-bond acceptors (Lipinski definition) is 1. The fourth-order valence-corrected chi connectivity index (χ4v) is 2.39. The summed E-state index contributed by atoms with van der Waals surface area (Å²) >= 11 is 0. The molecule has 0 radical (unpaired) electrons. The summed E-state index contributed by atoms with van der Waals surface area (Å²) in [5.41, 5.74) is 0. The van der Waals surface area contributed by atoms with Crippen molar-refractivity contribution >= 4 is 5.91 Å². The molecular weight excluding hydrogens is 150 g/mol. The van der Waals surface area contributed by atoms with E-state index in [-0.39, 0.29) is 11.9 Å². The molecule has 12 heavy (non-hydrogen) atoms. The monoisotopic (exact) mass is 161 g/mol. The minimum absolute atomic E-state index is 0.265. The third-order valence-electron chi connectivity index (χ3n) is 3.16. The first-order valence-corrected chi connectivity index (χ1v) is 4.51. The predicted octanol–water partition coefficient (Wildman–Crippen LogP) is 0.863. The molecule has 0 spiro atoms. The molecule has 1 amide bonds. The molecule has 3 aliphatic rings. The smallest absolute Gasteiger partial charge is 0.223 e. The van der Waals surface area contributed by atoms with Crippen LogP contribution in [0.15, 0.2) is 24.3 Å². The van der Waals surface area contributed by atoms with E-state index in [4.69, 9.17) is 0 Å². The topological polar surface area (TPSA) is 29.1 Å². The van der Waals surface area contributed by atoms with Crippen molar-refractivity contribution in [3.05, 3.63) is 24.3 Å². The SMILES string of the molecule is O=C1NC2C=CC=CC2C2CC12. The molecule has 1 N–H and O–H groups in total. The van der Waals surface area contributed by atoms with Gasteiger partial charge in [0.2, 0.25) is 5.91 Å². The van der Waals surface area contributed by atoms with Crippen LogP contribution in [-0.4, -0.2) is 11.9 Å². The Hall–Kier alpha value is -1.05. The number of carbonyl (C=O) groups is 1. The molecule has 2 fully saturated rings. The van der Waals surface area contributed by atoms with E-state index in [2.05, 4.69) is 23.5 Å². The standard InChI is InChI=1S/C10H11NO/c12-10-8-5-7(8)6-3-1-2-4-9(6)11-10/h1-4,6-9H,5H2,(H,11,12). The summed E-state index contributed by atoms with van der Waals surface area (Å²) in [6, 6.07) is 0.284. The van der Waals surface area contributed by atoms with Gasteiger partial charge in [-0.3, -0.25) is 4.79 Å². The molecule has 4 unspecified atom stereocenters. The summed E-state index contributed by atoms with van der Waals surface area (Å²) in [6.45, 7) is 0. The quantitative estimate of drug-likeness (QED) is 0.561. The molecule has 2 heteroatoms. The van der Waals surface area contributed by atoms with Crippen LogP contribution in [0.25, 0.3) is 0 Å². The fraction of sp³-hybridized carbons (Fsp3) is 0.500. The van der Waals surface area contributed by atoms with Gasteiger partial charge >= 0.3 is 0 Å². The van der Waals surface area contributed by atoms with Crippen molar-refractivity contribution in [1.29, 1.82) is 0 Å². The van der Waals surface area contributed by atoms with E-state index in [1.165, 1.54) is 0 Å². The van der Waals surface area contributed by atoms with Gasteiger partial charge < -0.3 is 5.32 Å². The van der Waals surface area contributed by atoms with Gasteiger partial charge in [0.25, 0.3) is 0 Å². The maximum atomic E-state index is 11.3. The third kappa shape index (κ3) is 0.724. The van der Waals surface area contributed by atoms with Gasteiger partial charge in [-0.15, -0.1) is 0 Å². The Morgan fingerprint density at radius 3 is 3.08 bits per heavy atom. The zero-order valence-electron chi connectivity index (χ0n) is 6.73. The number of rotatable bonds is 0. The first-order chi connectivity index (χ1) is 5.86. The van der Waals surface area contributed by atoms with Gasteiger partial charge in [-0.05, 0) is 12.3 Å². The number of hydrogen-bond donors (Lipinski definition) is 1. The third-order valence-corrected chi connectivity index (χ3v) is 3.16. The average molecular weight is 161 g/mol. The number of fused-ring (bicyclic) bond motifs is 3. The molecule has 4 atom stereocenters. The van der Waals surface area contributed by atoms with Crippen LogP contribution in [0.1, 0.15) is 6.42 Å². The van der Waals surface area contributed by atoms with Crippen LogP contribution in [0.2, 0.25) is 0 Å². The van der Waals surface area contributed by atoms with Crippen molar-refractivity contribution in [3.8, 4) is 0 Å². The number of nitrogens with one attached hydrogen (secondary N) is 1. The van der Waals surface area contributed by atoms with Crippen LogP contribution in [0.5, 0.6) is 0 Å². The Kier molecular flexibility index (Phi) is 1.08. The fourth-order valence-electron chi connectivity index (χ4n) is 2.39. The van der Waals surface area contributed by atoms with E-state index < -0.39 is 0 Å². The molecule has 0 aromatic heterocycles. The Balaban J connectivity index is 1.92. The molecule has 2 aliphatic carbocycles. The second-order valence-electron chi connectivity index (χ2n) is 3.89. The van der Waals surface area contributed by atoms with E-state index in [1.807, 2.05) is 6.08 Å². The highest BCUT2D eigenvalue weighted by molar-refractivity contribution is 5.83. The zero-order chi connectivity index (χ0) is 8.13. The normalized spacial score (nSPS) is 47.8. The molecule has 62 valence electrons. The van der Waals surface area contributed by atoms with E-state index >= 15 is 0 Å². The molecule has 3 rings (SSSR count). The van der Waals surface area contributed by atoms with Crippen LogP contribution in [0, 0.1) is 17.8 Å². The molecule has 0 aromatic carbocycles. The Bertz CT molecular complexity index is 292. The first kappa shape index (κ1) is 6.46.